The van der Waals surface area contributed by atoms with Crippen molar-refractivity contribution in [2.75, 3.05) is 0 Å². The summed E-state index contributed by atoms with van der Waals surface area (Å²) in [4.78, 5) is 15.1. The van der Waals surface area contributed by atoms with E-state index < -0.39 is 5.97 Å². The van der Waals surface area contributed by atoms with Crippen molar-refractivity contribution in [1.82, 2.24) is 9.55 Å². The minimum Gasteiger partial charge on any atom is -0.478 e. The predicted octanol–water partition coefficient (Wildman–Crippen LogP) is 3.12. The number of hydrogen-bond acceptors (Lipinski definition) is 2. The van der Waals surface area contributed by atoms with Crippen molar-refractivity contribution in [2.45, 2.75) is 13.0 Å². The number of nitrogens with zero attached hydrogens (tertiary/aromatic N) is 2. The normalized spacial score (nSPS) is 10.9. The van der Waals surface area contributed by atoms with Crippen LogP contribution >= 0.6 is 0 Å². The molecule has 1 heterocycles. The number of rotatable bonds is 4. The number of aromatic carboxylic acids is 1. The Morgan fingerprint density at radius 2 is 2.10 bits per heavy atom. The number of imidazole rings is 1. The molecule has 5 heteroatoms. The van der Waals surface area contributed by atoms with Crippen LogP contribution in [0.25, 0.3) is 11.0 Å². The average Bonchev–Trinajstić information content (AvgIpc) is 2.87. The van der Waals surface area contributed by atoms with Gasteiger partial charge < -0.3 is 9.67 Å². The van der Waals surface area contributed by atoms with Crippen molar-refractivity contribution in [3.8, 4) is 0 Å². The number of carbonyl (C=O) groups is 1. The summed E-state index contributed by atoms with van der Waals surface area (Å²) in [5.41, 5.74) is 2.66. The van der Waals surface area contributed by atoms with Gasteiger partial charge in [-0.15, -0.1) is 0 Å². The van der Waals surface area contributed by atoms with Crippen LogP contribution in [0.1, 0.15) is 15.9 Å². The summed E-state index contributed by atoms with van der Waals surface area (Å²) < 4.78 is 15.1. The molecule has 2 aromatic carbocycles. The van der Waals surface area contributed by atoms with E-state index in [0.717, 1.165) is 11.1 Å². The highest BCUT2D eigenvalue weighted by atomic mass is 19.1. The molecule has 0 bridgehead atoms. The highest BCUT2D eigenvalue weighted by Crippen LogP contribution is 2.16. The molecule has 0 saturated heterocycles. The lowest BCUT2D eigenvalue weighted by Gasteiger charge is -2.05. The van der Waals surface area contributed by atoms with Crippen molar-refractivity contribution in [3.63, 3.8) is 0 Å². The third-order valence-electron chi connectivity index (χ3n) is 3.40. The number of hydrogen-bond donors (Lipinski definition) is 1. The number of aromatic nitrogens is 2. The Morgan fingerprint density at radius 1 is 1.24 bits per heavy atom. The molecule has 0 saturated carbocycles. The van der Waals surface area contributed by atoms with Gasteiger partial charge in [0.25, 0.3) is 0 Å². The number of halogens is 1. The molecule has 106 valence electrons. The fourth-order valence-corrected chi connectivity index (χ4v) is 2.32. The van der Waals surface area contributed by atoms with E-state index in [0.29, 0.717) is 18.5 Å². The maximum atomic E-state index is 13.1. The van der Waals surface area contributed by atoms with Crippen LogP contribution in [-0.2, 0) is 13.0 Å². The number of fused-ring (bicyclic) bond motifs is 1. The van der Waals surface area contributed by atoms with Crippen LogP contribution in [0.3, 0.4) is 0 Å². The van der Waals surface area contributed by atoms with Gasteiger partial charge in [0.05, 0.1) is 22.9 Å². The summed E-state index contributed by atoms with van der Waals surface area (Å²) in [5, 5.41) is 8.96. The minimum absolute atomic E-state index is 0.220. The van der Waals surface area contributed by atoms with E-state index in [-0.39, 0.29) is 11.4 Å². The molecule has 0 aliphatic heterocycles. The first-order chi connectivity index (χ1) is 10.1. The molecule has 0 aliphatic rings. The molecular weight excluding hydrogens is 271 g/mol. The van der Waals surface area contributed by atoms with E-state index in [4.69, 9.17) is 5.11 Å². The third-order valence-corrected chi connectivity index (χ3v) is 3.40. The Labute approximate surface area is 120 Å². The monoisotopic (exact) mass is 284 g/mol. The van der Waals surface area contributed by atoms with E-state index in [1.807, 2.05) is 10.6 Å². The van der Waals surface area contributed by atoms with Crippen molar-refractivity contribution >= 4 is 17.0 Å². The number of aryl methyl sites for hydroxylation is 2. The zero-order valence-electron chi connectivity index (χ0n) is 11.2. The fourth-order valence-electron chi connectivity index (χ4n) is 2.32. The Bertz CT molecular complexity index is 811. The van der Waals surface area contributed by atoms with Gasteiger partial charge in [0.1, 0.15) is 5.82 Å². The van der Waals surface area contributed by atoms with E-state index in [9.17, 15) is 9.18 Å². The van der Waals surface area contributed by atoms with Gasteiger partial charge in [0.15, 0.2) is 0 Å². The molecule has 0 aliphatic carbocycles. The molecule has 0 radical (unpaired) electrons. The van der Waals surface area contributed by atoms with Gasteiger partial charge in [-0.05, 0) is 42.3 Å². The highest BCUT2D eigenvalue weighted by Gasteiger charge is 2.08. The molecule has 0 atom stereocenters. The van der Waals surface area contributed by atoms with Crippen molar-refractivity contribution in [2.24, 2.45) is 0 Å². The summed E-state index contributed by atoms with van der Waals surface area (Å²) in [6.07, 6.45) is 2.36. The maximum absolute atomic E-state index is 13.1. The molecule has 1 aromatic heterocycles. The van der Waals surface area contributed by atoms with Crippen LogP contribution in [0.5, 0.6) is 0 Å². The largest absolute Gasteiger partial charge is 0.478 e. The molecule has 0 fully saturated rings. The Balaban J connectivity index is 1.83. The minimum atomic E-state index is -0.966. The van der Waals surface area contributed by atoms with E-state index >= 15 is 0 Å². The summed E-state index contributed by atoms with van der Waals surface area (Å²) in [5.74, 6) is -1.21. The SMILES string of the molecule is O=C(O)c1ccc2c(c1)ncn2CCc1cccc(F)c1. The predicted molar refractivity (Wildman–Crippen MR) is 76.8 cm³/mol. The lowest BCUT2D eigenvalue weighted by molar-refractivity contribution is 0.0697. The number of benzene rings is 2. The molecule has 21 heavy (non-hydrogen) atoms. The van der Waals surface area contributed by atoms with Gasteiger partial charge in [-0.3, -0.25) is 0 Å². The van der Waals surface area contributed by atoms with E-state index in [2.05, 4.69) is 4.98 Å². The third kappa shape index (κ3) is 2.76. The maximum Gasteiger partial charge on any atom is 0.335 e. The smallest absolute Gasteiger partial charge is 0.335 e. The second-order valence-corrected chi connectivity index (χ2v) is 4.83. The Kier molecular flexibility index (Phi) is 3.39. The van der Waals surface area contributed by atoms with Crippen molar-refractivity contribution in [3.05, 3.63) is 65.7 Å². The molecule has 0 amide bonds. The Hall–Kier alpha value is -2.69. The van der Waals surface area contributed by atoms with Gasteiger partial charge in [-0.1, -0.05) is 12.1 Å². The van der Waals surface area contributed by atoms with Gasteiger partial charge in [0.2, 0.25) is 0 Å². The quantitative estimate of drug-likeness (QED) is 0.801. The lowest BCUT2D eigenvalue weighted by Crippen LogP contribution is -2.01. The molecule has 3 rings (SSSR count). The lowest BCUT2D eigenvalue weighted by atomic mass is 10.1. The summed E-state index contributed by atoms with van der Waals surface area (Å²) in [6, 6.07) is 11.4. The molecule has 4 nitrogen and oxygen atoms in total. The fraction of sp³-hybridized carbons (Fsp3) is 0.125. The van der Waals surface area contributed by atoms with Crippen LogP contribution in [-0.4, -0.2) is 20.6 Å². The van der Waals surface area contributed by atoms with Crippen LogP contribution in [0.15, 0.2) is 48.8 Å². The molecular formula is C16H13FN2O2. The summed E-state index contributed by atoms with van der Waals surface area (Å²) >= 11 is 0. The standard InChI is InChI=1S/C16H13FN2O2/c17-13-3-1-2-11(8-13)6-7-19-10-18-14-9-12(16(20)21)4-5-15(14)19/h1-5,8-10H,6-7H2,(H,20,21). The van der Waals surface area contributed by atoms with Crippen molar-refractivity contribution in [1.29, 1.82) is 0 Å². The summed E-state index contributed by atoms with van der Waals surface area (Å²) in [7, 11) is 0. The Morgan fingerprint density at radius 3 is 2.86 bits per heavy atom. The van der Waals surface area contributed by atoms with Gasteiger partial charge in [-0.2, -0.15) is 0 Å². The van der Waals surface area contributed by atoms with Gasteiger partial charge in [-0.25, -0.2) is 14.2 Å². The zero-order chi connectivity index (χ0) is 14.8. The highest BCUT2D eigenvalue weighted by molar-refractivity contribution is 5.92. The molecule has 3 aromatic rings. The van der Waals surface area contributed by atoms with Gasteiger partial charge >= 0.3 is 5.97 Å². The second kappa shape index (κ2) is 5.36. The number of carboxylic acid groups (broad SMARTS) is 1. The first-order valence-electron chi connectivity index (χ1n) is 6.56. The molecule has 1 N–H and O–H groups in total. The zero-order valence-corrected chi connectivity index (χ0v) is 11.2. The average molecular weight is 284 g/mol. The van der Waals surface area contributed by atoms with E-state index in [1.54, 1.807) is 30.6 Å². The molecule has 0 unspecified atom stereocenters. The van der Waals surface area contributed by atoms with Gasteiger partial charge in [0, 0.05) is 6.54 Å². The van der Waals surface area contributed by atoms with E-state index in [1.165, 1.54) is 12.1 Å². The summed E-state index contributed by atoms with van der Waals surface area (Å²) in [6.45, 7) is 0.659. The topological polar surface area (TPSA) is 55.1 Å². The first-order valence-corrected chi connectivity index (χ1v) is 6.56. The molecule has 0 spiro atoms. The first kappa shape index (κ1) is 13.3. The number of carboxylic acids is 1. The van der Waals surface area contributed by atoms with Crippen molar-refractivity contribution < 1.29 is 14.3 Å². The second-order valence-electron chi connectivity index (χ2n) is 4.83. The van der Waals surface area contributed by atoms with Crippen LogP contribution in [0.2, 0.25) is 0 Å². The van der Waals surface area contributed by atoms with Crippen LogP contribution in [0.4, 0.5) is 4.39 Å². The van der Waals surface area contributed by atoms with Crippen LogP contribution in [0, 0.1) is 5.82 Å². The van der Waals surface area contributed by atoms with Crippen LogP contribution < -0.4 is 0 Å².